The molecule has 1 aromatic heterocycles. The first-order valence-corrected chi connectivity index (χ1v) is 5.50. The summed E-state index contributed by atoms with van der Waals surface area (Å²) in [5.41, 5.74) is 0.452. The third-order valence-corrected chi connectivity index (χ3v) is 2.67. The molecule has 94 valence electrons. The molecule has 0 spiro atoms. The summed E-state index contributed by atoms with van der Waals surface area (Å²) < 4.78 is 0. The van der Waals surface area contributed by atoms with Gasteiger partial charge in [0.2, 0.25) is 0 Å². The third-order valence-electron chi connectivity index (χ3n) is 2.67. The number of nitrogens with one attached hydrogen (secondary N) is 1. The van der Waals surface area contributed by atoms with Crippen molar-refractivity contribution >= 4 is 18.2 Å². The average molecular weight is 257 g/mol. The molecule has 2 heterocycles. The van der Waals surface area contributed by atoms with E-state index in [4.69, 9.17) is 0 Å². The van der Waals surface area contributed by atoms with Gasteiger partial charge in [-0.1, -0.05) is 0 Å². The molecule has 6 heteroatoms. The highest BCUT2D eigenvalue weighted by Crippen LogP contribution is 2.01. The van der Waals surface area contributed by atoms with Crippen LogP contribution in [0, 0.1) is 0 Å². The number of ketones is 1. The van der Waals surface area contributed by atoms with E-state index >= 15 is 0 Å². The van der Waals surface area contributed by atoms with Crippen LogP contribution >= 0.6 is 12.4 Å². The van der Waals surface area contributed by atoms with Gasteiger partial charge in [0.15, 0.2) is 5.78 Å². The lowest BCUT2D eigenvalue weighted by molar-refractivity contribution is 0.0903. The summed E-state index contributed by atoms with van der Waals surface area (Å²) in [6, 6.07) is 0.448. The number of carbonyl (C=O) groups is 1. The van der Waals surface area contributed by atoms with Crippen LogP contribution in [-0.2, 0) is 0 Å². The fraction of sp³-hybridized carbons (Fsp3) is 0.545. The van der Waals surface area contributed by atoms with Crippen molar-refractivity contribution in [3.8, 4) is 0 Å². The molecule has 1 aliphatic rings. The number of nitrogens with zero attached hydrogens (tertiary/aromatic N) is 3. The Bertz CT molecular complexity index is 360. The summed E-state index contributed by atoms with van der Waals surface area (Å²) in [4.78, 5) is 21.9. The maximum absolute atomic E-state index is 11.9. The van der Waals surface area contributed by atoms with Crippen LogP contribution in [0.4, 0.5) is 0 Å². The molecule has 1 N–H and O–H groups in total. The second-order valence-corrected chi connectivity index (χ2v) is 4.10. The number of hydrogen-bond acceptors (Lipinski definition) is 5. The first-order valence-electron chi connectivity index (χ1n) is 5.50. The summed E-state index contributed by atoms with van der Waals surface area (Å²) in [6.45, 7) is 5.32. The molecule has 1 atom stereocenters. The Morgan fingerprint density at radius 1 is 1.59 bits per heavy atom. The minimum absolute atomic E-state index is 0. The number of aromatic nitrogens is 2. The fourth-order valence-electron chi connectivity index (χ4n) is 1.88. The predicted octanol–water partition coefficient (Wildman–Crippen LogP) is 0.375. The summed E-state index contributed by atoms with van der Waals surface area (Å²) >= 11 is 0. The van der Waals surface area contributed by atoms with Gasteiger partial charge in [-0.3, -0.25) is 14.7 Å². The number of rotatable bonds is 3. The first kappa shape index (κ1) is 14.0. The van der Waals surface area contributed by atoms with Crippen molar-refractivity contribution in [3.63, 3.8) is 0 Å². The van der Waals surface area contributed by atoms with Crippen molar-refractivity contribution in [1.29, 1.82) is 0 Å². The minimum Gasteiger partial charge on any atom is -0.312 e. The van der Waals surface area contributed by atoms with Crippen molar-refractivity contribution in [2.45, 2.75) is 13.0 Å². The molecule has 5 nitrogen and oxygen atoms in total. The molecule has 1 aliphatic heterocycles. The Kier molecular flexibility index (Phi) is 5.47. The fourth-order valence-corrected chi connectivity index (χ4v) is 1.88. The van der Waals surface area contributed by atoms with Crippen molar-refractivity contribution < 1.29 is 4.79 Å². The Hall–Kier alpha value is -1.04. The van der Waals surface area contributed by atoms with Crippen LogP contribution in [0.5, 0.6) is 0 Å². The van der Waals surface area contributed by atoms with E-state index in [0.29, 0.717) is 18.3 Å². The molecule has 0 bridgehead atoms. The van der Waals surface area contributed by atoms with E-state index in [1.807, 2.05) is 0 Å². The van der Waals surface area contributed by atoms with Crippen molar-refractivity contribution in [3.05, 3.63) is 24.3 Å². The lowest BCUT2D eigenvalue weighted by Crippen LogP contribution is -2.50. The zero-order valence-electron chi connectivity index (χ0n) is 9.80. The molecule has 1 aromatic rings. The number of hydrogen-bond donors (Lipinski definition) is 1. The van der Waals surface area contributed by atoms with Crippen LogP contribution < -0.4 is 5.32 Å². The molecule has 0 radical (unpaired) electrons. The largest absolute Gasteiger partial charge is 0.312 e. The molecule has 0 aliphatic carbocycles. The van der Waals surface area contributed by atoms with Gasteiger partial charge >= 0.3 is 0 Å². The maximum atomic E-state index is 11.9. The van der Waals surface area contributed by atoms with E-state index in [1.165, 1.54) is 6.20 Å². The van der Waals surface area contributed by atoms with Gasteiger partial charge in [0.1, 0.15) is 5.69 Å². The maximum Gasteiger partial charge on any atom is 0.196 e. The van der Waals surface area contributed by atoms with E-state index in [2.05, 4.69) is 27.1 Å². The van der Waals surface area contributed by atoms with Crippen LogP contribution in [0.1, 0.15) is 17.4 Å². The summed E-state index contributed by atoms with van der Waals surface area (Å²) in [5, 5.41) is 3.34. The van der Waals surface area contributed by atoms with Crippen LogP contribution in [0.25, 0.3) is 0 Å². The van der Waals surface area contributed by atoms with E-state index in [0.717, 1.165) is 19.6 Å². The lowest BCUT2D eigenvalue weighted by Gasteiger charge is -2.31. The summed E-state index contributed by atoms with van der Waals surface area (Å²) in [7, 11) is 0. The highest BCUT2D eigenvalue weighted by atomic mass is 35.5. The molecule has 0 aromatic carbocycles. The van der Waals surface area contributed by atoms with Gasteiger partial charge in [-0.05, 0) is 6.92 Å². The average Bonchev–Trinajstić information content (AvgIpc) is 2.30. The topological polar surface area (TPSA) is 58.1 Å². The Morgan fingerprint density at radius 2 is 2.41 bits per heavy atom. The van der Waals surface area contributed by atoms with E-state index in [1.54, 1.807) is 12.4 Å². The van der Waals surface area contributed by atoms with Crippen molar-refractivity contribution in [2.75, 3.05) is 26.2 Å². The summed E-state index contributed by atoms with van der Waals surface area (Å²) in [6.07, 6.45) is 4.64. The molecule has 1 fully saturated rings. The number of Topliss-reactive ketones (excluding diaryl/α,β-unsaturated/α-hetero) is 1. The quantitative estimate of drug-likeness (QED) is 0.793. The third kappa shape index (κ3) is 4.03. The molecule has 2 rings (SSSR count). The van der Waals surface area contributed by atoms with Gasteiger partial charge < -0.3 is 5.32 Å². The predicted molar refractivity (Wildman–Crippen MR) is 67.5 cm³/mol. The smallest absolute Gasteiger partial charge is 0.196 e. The van der Waals surface area contributed by atoms with E-state index in [9.17, 15) is 4.79 Å². The van der Waals surface area contributed by atoms with E-state index < -0.39 is 0 Å². The standard InChI is InChI=1S/C11H16N4O.ClH/c1-9-7-15(5-4-13-9)8-11(16)10-6-12-2-3-14-10;/h2-3,6,9,13H,4-5,7-8H2,1H3;1H. The monoisotopic (exact) mass is 256 g/mol. The SMILES string of the molecule is CC1CN(CC(=O)c2cnccn2)CCN1.Cl. The van der Waals surface area contributed by atoms with Gasteiger partial charge in [-0.25, -0.2) is 4.98 Å². The summed E-state index contributed by atoms with van der Waals surface area (Å²) in [5.74, 6) is 0.0437. The normalized spacial score (nSPS) is 20.6. The van der Waals surface area contributed by atoms with E-state index in [-0.39, 0.29) is 18.2 Å². The van der Waals surface area contributed by atoms with Crippen LogP contribution in [0.2, 0.25) is 0 Å². The Labute approximate surface area is 107 Å². The number of carbonyl (C=O) groups excluding carboxylic acids is 1. The highest BCUT2D eigenvalue weighted by Gasteiger charge is 2.19. The molecular weight excluding hydrogens is 240 g/mol. The van der Waals surface area contributed by atoms with Crippen LogP contribution in [0.15, 0.2) is 18.6 Å². The molecular formula is C11H17ClN4O. The zero-order valence-corrected chi connectivity index (χ0v) is 10.6. The van der Waals surface area contributed by atoms with Gasteiger partial charge in [-0.15, -0.1) is 12.4 Å². The van der Waals surface area contributed by atoms with Gasteiger partial charge in [0.05, 0.1) is 12.7 Å². The van der Waals surface area contributed by atoms with Gasteiger partial charge in [-0.2, -0.15) is 0 Å². The molecule has 0 amide bonds. The van der Waals surface area contributed by atoms with Crippen molar-refractivity contribution in [2.24, 2.45) is 0 Å². The van der Waals surface area contributed by atoms with Gasteiger partial charge in [0, 0.05) is 38.1 Å². The zero-order chi connectivity index (χ0) is 11.4. The highest BCUT2D eigenvalue weighted by molar-refractivity contribution is 5.95. The molecule has 1 saturated heterocycles. The second kappa shape index (κ2) is 6.64. The van der Waals surface area contributed by atoms with Crippen molar-refractivity contribution in [1.82, 2.24) is 20.2 Å². The number of piperazine rings is 1. The molecule has 1 unspecified atom stereocenters. The van der Waals surface area contributed by atoms with Crippen LogP contribution in [0.3, 0.4) is 0 Å². The Balaban J connectivity index is 0.00000144. The molecule has 0 saturated carbocycles. The number of halogens is 1. The van der Waals surface area contributed by atoms with Gasteiger partial charge in [0.25, 0.3) is 0 Å². The lowest BCUT2D eigenvalue weighted by atomic mass is 10.2. The second-order valence-electron chi connectivity index (χ2n) is 4.10. The Morgan fingerprint density at radius 3 is 3.06 bits per heavy atom. The first-order chi connectivity index (χ1) is 7.75. The molecule has 17 heavy (non-hydrogen) atoms. The van der Waals surface area contributed by atoms with Crippen LogP contribution in [-0.4, -0.2) is 52.9 Å². The minimum atomic E-state index is 0.